The molecule has 3 nitrogen and oxygen atoms in total. The minimum Gasteiger partial charge on any atom is -0.405 e. The number of hydrogen-bond donors (Lipinski definition) is 1. The fourth-order valence-electron chi connectivity index (χ4n) is 1.42. The third-order valence-electron chi connectivity index (χ3n) is 2.21. The summed E-state index contributed by atoms with van der Waals surface area (Å²) in [4.78, 5) is 0. The molecule has 0 aliphatic carbocycles. The van der Waals surface area contributed by atoms with E-state index in [9.17, 15) is 0 Å². The van der Waals surface area contributed by atoms with Crippen molar-refractivity contribution >= 4 is 7.12 Å². The maximum atomic E-state index is 5.85. The molecule has 1 aliphatic rings. The van der Waals surface area contributed by atoms with E-state index in [0.717, 1.165) is 11.0 Å². The van der Waals surface area contributed by atoms with Gasteiger partial charge in [0.15, 0.2) is 0 Å². The normalized spacial score (nSPS) is 21.8. The van der Waals surface area contributed by atoms with E-state index in [1.165, 1.54) is 0 Å². The van der Waals surface area contributed by atoms with Gasteiger partial charge in [0.25, 0.3) is 0 Å². The quantitative estimate of drug-likeness (QED) is 0.574. The average Bonchev–Trinajstić information content (AvgIpc) is 2.57. The molecule has 0 aromatic heterocycles. The molecule has 0 saturated carbocycles. The van der Waals surface area contributed by atoms with Gasteiger partial charge in [0.2, 0.25) is 0 Å². The van der Waals surface area contributed by atoms with E-state index < -0.39 is 0 Å². The van der Waals surface area contributed by atoms with Crippen molar-refractivity contribution in [1.82, 2.24) is 0 Å². The van der Waals surface area contributed by atoms with Crippen molar-refractivity contribution in [2.24, 2.45) is 5.73 Å². The third kappa shape index (κ3) is 3.53. The summed E-state index contributed by atoms with van der Waals surface area (Å²) in [7, 11) is -0.384. The van der Waals surface area contributed by atoms with E-state index in [0.29, 0.717) is 13.2 Å². The second-order valence-electron chi connectivity index (χ2n) is 4.52. The topological polar surface area (TPSA) is 44.5 Å². The van der Waals surface area contributed by atoms with Gasteiger partial charge in [0, 0.05) is 12.1 Å². The van der Waals surface area contributed by atoms with Crippen LogP contribution in [0.1, 0.15) is 20.8 Å². The molecule has 1 saturated heterocycles. The van der Waals surface area contributed by atoms with Crippen LogP contribution < -0.4 is 5.73 Å². The highest BCUT2D eigenvalue weighted by Gasteiger charge is 2.34. The van der Waals surface area contributed by atoms with E-state index >= 15 is 0 Å². The fourth-order valence-corrected chi connectivity index (χ4v) is 1.42. The van der Waals surface area contributed by atoms with Gasteiger partial charge < -0.3 is 15.0 Å². The van der Waals surface area contributed by atoms with Gasteiger partial charge in [0.1, 0.15) is 0 Å². The Balaban J connectivity index is 2.69. The highest BCUT2D eigenvalue weighted by atomic mass is 16.6. The van der Waals surface area contributed by atoms with Gasteiger partial charge >= 0.3 is 7.12 Å². The largest absolute Gasteiger partial charge is 0.495 e. The zero-order valence-corrected chi connectivity index (χ0v) is 10.1. The van der Waals surface area contributed by atoms with Crippen molar-refractivity contribution in [3.05, 3.63) is 23.2 Å². The Labute approximate surface area is 97.8 Å². The molecule has 16 heavy (non-hydrogen) atoms. The number of terminal acetylenes is 1. The minimum absolute atomic E-state index is 0.372. The lowest BCUT2D eigenvalue weighted by Gasteiger charge is -2.20. The molecule has 0 aromatic rings. The van der Waals surface area contributed by atoms with Crippen LogP contribution >= 0.6 is 0 Å². The molecule has 1 rings (SSSR count). The van der Waals surface area contributed by atoms with E-state index in [2.05, 4.69) is 5.92 Å². The van der Waals surface area contributed by atoms with E-state index in [-0.39, 0.29) is 12.7 Å². The number of rotatable bonds is 3. The molecule has 1 heterocycles. The van der Waals surface area contributed by atoms with Gasteiger partial charge in [-0.1, -0.05) is 12.0 Å². The van der Waals surface area contributed by atoms with Crippen molar-refractivity contribution in [3.8, 4) is 12.3 Å². The van der Waals surface area contributed by atoms with Crippen LogP contribution in [0.25, 0.3) is 0 Å². The lowest BCUT2D eigenvalue weighted by atomic mass is 9.76. The summed E-state index contributed by atoms with van der Waals surface area (Å²) in [5.41, 5.74) is 7.48. The van der Waals surface area contributed by atoms with E-state index in [1.807, 2.05) is 26.8 Å². The van der Waals surface area contributed by atoms with Gasteiger partial charge in [-0.25, -0.2) is 0 Å². The number of allylic oxidation sites excluding steroid dienone is 2. The molecule has 0 unspecified atom stereocenters. The first kappa shape index (κ1) is 13.1. The predicted molar refractivity (Wildman–Crippen MR) is 66.6 cm³/mol. The molecule has 0 atom stereocenters. The van der Waals surface area contributed by atoms with Crippen LogP contribution in [0.5, 0.6) is 0 Å². The Bertz CT molecular complexity index is 347. The van der Waals surface area contributed by atoms with E-state index in [1.54, 1.807) is 6.08 Å². The Hall–Kier alpha value is -1.02. The standard InChI is InChI=1S/C12H18BNO2/c1-5-7-11-10(6-2)8-15-13(11)16-9-12(3,4)14/h1,6-7H,8-9,14H2,2-4H3. The summed E-state index contributed by atoms with van der Waals surface area (Å²) in [6.07, 6.45) is 8.96. The van der Waals surface area contributed by atoms with Crippen LogP contribution in [-0.2, 0) is 9.31 Å². The Morgan fingerprint density at radius 3 is 2.88 bits per heavy atom. The summed E-state index contributed by atoms with van der Waals surface area (Å²) in [5, 5.41) is 0. The van der Waals surface area contributed by atoms with Crippen molar-refractivity contribution in [2.75, 3.05) is 13.2 Å². The maximum Gasteiger partial charge on any atom is 0.495 e. The first-order valence-corrected chi connectivity index (χ1v) is 5.32. The van der Waals surface area contributed by atoms with Crippen molar-refractivity contribution in [2.45, 2.75) is 26.3 Å². The van der Waals surface area contributed by atoms with E-state index in [4.69, 9.17) is 21.5 Å². The Morgan fingerprint density at radius 2 is 2.38 bits per heavy atom. The predicted octanol–water partition coefficient (Wildman–Crippen LogP) is 1.30. The molecular weight excluding hydrogens is 201 g/mol. The molecule has 0 bridgehead atoms. The van der Waals surface area contributed by atoms with Crippen LogP contribution in [-0.4, -0.2) is 25.9 Å². The summed E-state index contributed by atoms with van der Waals surface area (Å²) in [6, 6.07) is 0. The van der Waals surface area contributed by atoms with Gasteiger partial charge in [0.05, 0.1) is 6.61 Å². The van der Waals surface area contributed by atoms with Gasteiger partial charge in [-0.15, -0.1) is 6.42 Å². The first-order chi connectivity index (χ1) is 7.48. The molecule has 0 radical (unpaired) electrons. The molecule has 1 aliphatic heterocycles. The zero-order chi connectivity index (χ0) is 12.2. The van der Waals surface area contributed by atoms with Crippen molar-refractivity contribution < 1.29 is 9.31 Å². The molecule has 0 aromatic carbocycles. The summed E-state index contributed by atoms with van der Waals surface area (Å²) >= 11 is 0. The SMILES string of the molecule is C#CC=C1B(OCC(C)(C)N)OCC1=CC. The maximum absolute atomic E-state index is 5.85. The van der Waals surface area contributed by atoms with Crippen LogP contribution in [0.4, 0.5) is 0 Å². The number of nitrogens with two attached hydrogens (primary N) is 1. The minimum atomic E-state index is -0.384. The van der Waals surface area contributed by atoms with Crippen molar-refractivity contribution in [3.63, 3.8) is 0 Å². The zero-order valence-electron chi connectivity index (χ0n) is 10.1. The number of hydrogen-bond acceptors (Lipinski definition) is 3. The van der Waals surface area contributed by atoms with Gasteiger partial charge in [-0.05, 0) is 37.9 Å². The second kappa shape index (κ2) is 5.35. The second-order valence-corrected chi connectivity index (χ2v) is 4.52. The Kier molecular flexibility index (Phi) is 4.37. The highest BCUT2D eigenvalue weighted by Crippen LogP contribution is 2.23. The molecule has 86 valence electrons. The molecule has 2 N–H and O–H groups in total. The van der Waals surface area contributed by atoms with Crippen LogP contribution in [0.3, 0.4) is 0 Å². The molecule has 1 fully saturated rings. The fraction of sp³-hybridized carbons (Fsp3) is 0.500. The summed E-state index contributed by atoms with van der Waals surface area (Å²) < 4.78 is 11.1. The average molecular weight is 219 g/mol. The molecule has 0 amide bonds. The highest BCUT2D eigenvalue weighted by molar-refractivity contribution is 6.56. The molecule has 0 spiro atoms. The van der Waals surface area contributed by atoms with Crippen LogP contribution in [0, 0.1) is 12.3 Å². The monoisotopic (exact) mass is 219 g/mol. The molecular formula is C12H18BNO2. The lowest BCUT2D eigenvalue weighted by Crippen LogP contribution is -2.40. The lowest BCUT2D eigenvalue weighted by molar-refractivity contribution is 0.191. The first-order valence-electron chi connectivity index (χ1n) is 5.32. The Morgan fingerprint density at radius 1 is 1.69 bits per heavy atom. The summed E-state index contributed by atoms with van der Waals surface area (Å²) in [5.74, 6) is 2.51. The third-order valence-corrected chi connectivity index (χ3v) is 2.21. The van der Waals surface area contributed by atoms with Gasteiger partial charge in [-0.2, -0.15) is 0 Å². The smallest absolute Gasteiger partial charge is 0.405 e. The summed E-state index contributed by atoms with van der Waals surface area (Å²) in [6.45, 7) is 6.74. The van der Waals surface area contributed by atoms with Crippen LogP contribution in [0.2, 0.25) is 0 Å². The van der Waals surface area contributed by atoms with Crippen molar-refractivity contribution in [1.29, 1.82) is 0 Å². The van der Waals surface area contributed by atoms with Crippen LogP contribution in [0.15, 0.2) is 23.2 Å². The molecule has 4 heteroatoms. The van der Waals surface area contributed by atoms with Gasteiger partial charge in [-0.3, -0.25) is 0 Å².